The van der Waals surface area contributed by atoms with Gasteiger partial charge in [-0.15, -0.1) is 0 Å². The largest absolute Gasteiger partial charge is 0.493 e. The number of ether oxygens (including phenoxy) is 1. The van der Waals surface area contributed by atoms with Crippen molar-refractivity contribution >= 4 is 5.84 Å². The topological polar surface area (TPSA) is 59.1 Å². The van der Waals surface area contributed by atoms with Gasteiger partial charge in [0.05, 0.1) is 12.4 Å². The molecule has 0 amide bonds. The number of halogens is 2. The molecule has 0 spiro atoms. The number of hydrogen-bond donors (Lipinski definition) is 2. The van der Waals surface area contributed by atoms with E-state index < -0.39 is 11.6 Å². The van der Waals surface area contributed by atoms with Crippen LogP contribution in [-0.2, 0) is 0 Å². The van der Waals surface area contributed by atoms with Gasteiger partial charge in [0, 0.05) is 12.5 Å². The zero-order valence-corrected chi connectivity index (χ0v) is 7.39. The quantitative estimate of drug-likeness (QED) is 0.573. The van der Waals surface area contributed by atoms with Crippen LogP contribution in [0.25, 0.3) is 0 Å². The van der Waals surface area contributed by atoms with E-state index in [1.807, 2.05) is 0 Å². The Morgan fingerprint density at radius 3 is 2.64 bits per heavy atom. The van der Waals surface area contributed by atoms with Gasteiger partial charge in [-0.05, 0) is 12.1 Å². The first kappa shape index (κ1) is 10.4. The molecule has 0 unspecified atom stereocenters. The SMILES string of the molecule is N=C(N)CCOc1ccc(F)c(F)c1. The molecule has 0 saturated carbocycles. The van der Waals surface area contributed by atoms with Crippen LogP contribution in [0.15, 0.2) is 18.2 Å². The summed E-state index contributed by atoms with van der Waals surface area (Å²) in [6.45, 7) is 0.181. The fourth-order valence-corrected chi connectivity index (χ4v) is 0.845. The standard InChI is InChI=1S/C9H10F2N2O/c10-7-2-1-6(5-8(7)11)14-4-3-9(12)13/h1-2,5H,3-4H2,(H3,12,13). The molecule has 0 aliphatic rings. The first-order chi connectivity index (χ1) is 6.59. The summed E-state index contributed by atoms with van der Waals surface area (Å²) < 4.78 is 30.1. The van der Waals surface area contributed by atoms with Crippen molar-refractivity contribution in [1.82, 2.24) is 0 Å². The lowest BCUT2D eigenvalue weighted by molar-refractivity contribution is 0.325. The average Bonchev–Trinajstić information content (AvgIpc) is 2.10. The molecule has 0 fully saturated rings. The number of nitrogens with one attached hydrogen (secondary N) is 1. The number of nitrogens with two attached hydrogens (primary N) is 1. The maximum atomic E-state index is 12.6. The van der Waals surface area contributed by atoms with Crippen LogP contribution in [0, 0.1) is 17.0 Å². The van der Waals surface area contributed by atoms with Crippen LogP contribution in [0.4, 0.5) is 8.78 Å². The molecule has 0 radical (unpaired) electrons. The van der Waals surface area contributed by atoms with E-state index in [4.69, 9.17) is 15.9 Å². The summed E-state index contributed by atoms with van der Waals surface area (Å²) in [6.07, 6.45) is 0.263. The summed E-state index contributed by atoms with van der Waals surface area (Å²) in [4.78, 5) is 0. The highest BCUT2D eigenvalue weighted by Gasteiger charge is 2.02. The van der Waals surface area contributed by atoms with Crippen LogP contribution in [-0.4, -0.2) is 12.4 Å². The Kier molecular flexibility index (Phi) is 3.39. The molecular weight excluding hydrogens is 190 g/mol. The molecule has 0 atom stereocenters. The molecule has 5 heteroatoms. The maximum absolute atomic E-state index is 12.6. The maximum Gasteiger partial charge on any atom is 0.162 e. The van der Waals surface area contributed by atoms with E-state index >= 15 is 0 Å². The van der Waals surface area contributed by atoms with E-state index in [1.165, 1.54) is 6.07 Å². The summed E-state index contributed by atoms with van der Waals surface area (Å²) in [6, 6.07) is 3.26. The Labute approximate surface area is 80.0 Å². The van der Waals surface area contributed by atoms with Crippen LogP contribution in [0.5, 0.6) is 5.75 Å². The Morgan fingerprint density at radius 1 is 1.36 bits per heavy atom. The molecule has 0 saturated heterocycles. The lowest BCUT2D eigenvalue weighted by atomic mass is 10.3. The van der Waals surface area contributed by atoms with Gasteiger partial charge in [0.15, 0.2) is 11.6 Å². The second-order valence-corrected chi connectivity index (χ2v) is 2.70. The predicted octanol–water partition coefficient (Wildman–Crippen LogP) is 1.67. The van der Waals surface area contributed by atoms with E-state index in [1.54, 1.807) is 0 Å². The van der Waals surface area contributed by atoms with Crippen LogP contribution < -0.4 is 10.5 Å². The average molecular weight is 200 g/mol. The van der Waals surface area contributed by atoms with Gasteiger partial charge in [-0.2, -0.15) is 0 Å². The normalized spacial score (nSPS) is 9.86. The van der Waals surface area contributed by atoms with E-state index in [9.17, 15) is 8.78 Å². The van der Waals surface area contributed by atoms with Gasteiger partial charge >= 0.3 is 0 Å². The van der Waals surface area contributed by atoms with Gasteiger partial charge in [-0.1, -0.05) is 0 Å². The minimum Gasteiger partial charge on any atom is -0.493 e. The monoisotopic (exact) mass is 200 g/mol. The van der Waals surface area contributed by atoms with Crippen molar-refractivity contribution in [2.75, 3.05) is 6.61 Å². The fraction of sp³-hybridized carbons (Fsp3) is 0.222. The molecule has 1 aromatic rings. The van der Waals surface area contributed by atoms with Gasteiger partial charge in [0.1, 0.15) is 5.75 Å². The molecular formula is C9H10F2N2O. The van der Waals surface area contributed by atoms with Gasteiger partial charge in [-0.25, -0.2) is 8.78 Å². The zero-order chi connectivity index (χ0) is 10.6. The minimum absolute atomic E-state index is 0.00687. The second-order valence-electron chi connectivity index (χ2n) is 2.70. The smallest absolute Gasteiger partial charge is 0.162 e. The third-order valence-corrected chi connectivity index (χ3v) is 1.53. The predicted molar refractivity (Wildman–Crippen MR) is 48.4 cm³/mol. The summed E-state index contributed by atoms with van der Waals surface area (Å²) in [5.74, 6) is -1.65. The molecule has 0 heterocycles. The molecule has 14 heavy (non-hydrogen) atoms. The Balaban J connectivity index is 2.51. The van der Waals surface area contributed by atoms with Crippen LogP contribution >= 0.6 is 0 Å². The number of amidine groups is 1. The molecule has 3 N–H and O–H groups in total. The van der Waals surface area contributed by atoms with E-state index in [-0.39, 0.29) is 24.6 Å². The molecule has 0 aliphatic carbocycles. The third-order valence-electron chi connectivity index (χ3n) is 1.53. The lowest BCUT2D eigenvalue weighted by Crippen LogP contribution is -2.13. The van der Waals surface area contributed by atoms with Crippen molar-refractivity contribution in [2.45, 2.75) is 6.42 Å². The summed E-state index contributed by atoms with van der Waals surface area (Å²) in [5.41, 5.74) is 5.08. The van der Waals surface area contributed by atoms with Crippen molar-refractivity contribution in [2.24, 2.45) is 5.73 Å². The molecule has 1 aromatic carbocycles. The minimum atomic E-state index is -0.953. The lowest BCUT2D eigenvalue weighted by Gasteiger charge is -2.05. The van der Waals surface area contributed by atoms with Crippen molar-refractivity contribution in [3.05, 3.63) is 29.8 Å². The molecule has 0 aliphatic heterocycles. The van der Waals surface area contributed by atoms with Gasteiger partial charge in [0.25, 0.3) is 0 Å². The first-order valence-corrected chi connectivity index (χ1v) is 4.00. The van der Waals surface area contributed by atoms with Crippen molar-refractivity contribution in [3.63, 3.8) is 0 Å². The number of rotatable bonds is 4. The highest BCUT2D eigenvalue weighted by Crippen LogP contribution is 2.15. The Morgan fingerprint density at radius 2 is 2.07 bits per heavy atom. The van der Waals surface area contributed by atoms with Crippen molar-refractivity contribution < 1.29 is 13.5 Å². The van der Waals surface area contributed by atoms with Gasteiger partial charge in [-0.3, -0.25) is 5.41 Å². The van der Waals surface area contributed by atoms with E-state index in [0.717, 1.165) is 12.1 Å². The number of hydrogen-bond acceptors (Lipinski definition) is 2. The summed E-state index contributed by atoms with van der Waals surface area (Å²) in [5, 5.41) is 6.90. The summed E-state index contributed by atoms with van der Waals surface area (Å²) >= 11 is 0. The van der Waals surface area contributed by atoms with E-state index in [2.05, 4.69) is 0 Å². The Hall–Kier alpha value is -1.65. The zero-order valence-electron chi connectivity index (χ0n) is 7.39. The van der Waals surface area contributed by atoms with Crippen molar-refractivity contribution in [3.8, 4) is 5.75 Å². The van der Waals surface area contributed by atoms with Crippen LogP contribution in [0.2, 0.25) is 0 Å². The van der Waals surface area contributed by atoms with Crippen molar-refractivity contribution in [1.29, 1.82) is 5.41 Å². The van der Waals surface area contributed by atoms with Gasteiger partial charge < -0.3 is 10.5 Å². The molecule has 76 valence electrons. The molecule has 1 rings (SSSR count). The first-order valence-electron chi connectivity index (χ1n) is 4.00. The fourth-order valence-electron chi connectivity index (χ4n) is 0.845. The van der Waals surface area contributed by atoms with Crippen LogP contribution in [0.3, 0.4) is 0 Å². The van der Waals surface area contributed by atoms with Crippen LogP contribution in [0.1, 0.15) is 6.42 Å². The molecule has 0 bridgehead atoms. The van der Waals surface area contributed by atoms with Gasteiger partial charge in [0.2, 0.25) is 0 Å². The van der Waals surface area contributed by atoms with E-state index in [0.29, 0.717) is 0 Å². The number of benzene rings is 1. The molecule has 0 aromatic heterocycles. The second kappa shape index (κ2) is 4.55. The summed E-state index contributed by atoms with van der Waals surface area (Å²) in [7, 11) is 0. The highest BCUT2D eigenvalue weighted by molar-refractivity contribution is 5.76. The highest BCUT2D eigenvalue weighted by atomic mass is 19.2. The molecule has 3 nitrogen and oxygen atoms in total. The third kappa shape index (κ3) is 3.01. The Bertz CT molecular complexity index is 342.